The van der Waals surface area contributed by atoms with E-state index in [1.807, 2.05) is 6.08 Å². The van der Waals surface area contributed by atoms with Gasteiger partial charge in [-0.15, -0.1) is 6.58 Å². The monoisotopic (exact) mass is 215 g/mol. The lowest BCUT2D eigenvalue weighted by Crippen LogP contribution is -2.24. The van der Waals surface area contributed by atoms with Crippen molar-refractivity contribution in [2.24, 2.45) is 5.73 Å². The zero-order chi connectivity index (χ0) is 11.4. The Hall–Kier alpha value is -1.08. The fourth-order valence-electron chi connectivity index (χ4n) is 2.78. The lowest BCUT2D eigenvalue weighted by Gasteiger charge is -2.27. The summed E-state index contributed by atoms with van der Waals surface area (Å²) in [5.41, 5.74) is 9.17. The Balaban J connectivity index is 2.09. The SMILES string of the molecule is C=CCC(N)CC1CCCc2ccccc21. The first kappa shape index (κ1) is 11.4. The first-order chi connectivity index (χ1) is 7.81. The van der Waals surface area contributed by atoms with E-state index >= 15 is 0 Å². The third-order valence-corrected chi connectivity index (χ3v) is 3.55. The molecule has 1 heteroatoms. The molecule has 1 aliphatic carbocycles. The van der Waals surface area contributed by atoms with Crippen LogP contribution in [0.5, 0.6) is 0 Å². The highest BCUT2D eigenvalue weighted by Crippen LogP contribution is 2.34. The third kappa shape index (κ3) is 2.53. The van der Waals surface area contributed by atoms with Gasteiger partial charge in [0.05, 0.1) is 0 Å². The van der Waals surface area contributed by atoms with Crippen LogP contribution < -0.4 is 5.73 Å². The minimum absolute atomic E-state index is 0.272. The van der Waals surface area contributed by atoms with Crippen molar-refractivity contribution in [1.29, 1.82) is 0 Å². The van der Waals surface area contributed by atoms with Gasteiger partial charge in [-0.05, 0) is 49.1 Å². The first-order valence-electron chi connectivity index (χ1n) is 6.25. The van der Waals surface area contributed by atoms with Crippen LogP contribution in [0.3, 0.4) is 0 Å². The van der Waals surface area contributed by atoms with Crippen molar-refractivity contribution in [1.82, 2.24) is 0 Å². The lowest BCUT2D eigenvalue weighted by atomic mass is 9.79. The number of hydrogen-bond donors (Lipinski definition) is 1. The maximum Gasteiger partial charge on any atom is 0.00791 e. The molecular weight excluding hydrogens is 194 g/mol. The van der Waals surface area contributed by atoms with Crippen molar-refractivity contribution >= 4 is 0 Å². The van der Waals surface area contributed by atoms with Crippen LogP contribution in [0, 0.1) is 0 Å². The Morgan fingerprint density at radius 3 is 3.06 bits per heavy atom. The number of benzene rings is 1. The first-order valence-corrected chi connectivity index (χ1v) is 6.25. The van der Waals surface area contributed by atoms with E-state index in [1.54, 1.807) is 0 Å². The summed E-state index contributed by atoms with van der Waals surface area (Å²) in [7, 11) is 0. The number of nitrogens with two attached hydrogens (primary N) is 1. The molecule has 0 aliphatic heterocycles. The van der Waals surface area contributed by atoms with Gasteiger partial charge in [0, 0.05) is 6.04 Å². The Morgan fingerprint density at radius 2 is 2.25 bits per heavy atom. The average Bonchev–Trinajstić information content (AvgIpc) is 2.30. The van der Waals surface area contributed by atoms with E-state index < -0.39 is 0 Å². The molecule has 0 saturated carbocycles. The van der Waals surface area contributed by atoms with Crippen LogP contribution >= 0.6 is 0 Å². The van der Waals surface area contributed by atoms with E-state index in [-0.39, 0.29) is 6.04 Å². The van der Waals surface area contributed by atoms with E-state index in [1.165, 1.54) is 30.4 Å². The van der Waals surface area contributed by atoms with Gasteiger partial charge in [0.1, 0.15) is 0 Å². The molecule has 0 fully saturated rings. The fourth-order valence-corrected chi connectivity index (χ4v) is 2.78. The molecule has 1 nitrogen and oxygen atoms in total. The van der Waals surface area contributed by atoms with E-state index in [2.05, 4.69) is 30.8 Å². The van der Waals surface area contributed by atoms with Gasteiger partial charge in [-0.25, -0.2) is 0 Å². The minimum Gasteiger partial charge on any atom is -0.327 e. The highest BCUT2D eigenvalue weighted by Gasteiger charge is 2.21. The van der Waals surface area contributed by atoms with Gasteiger partial charge in [0.2, 0.25) is 0 Å². The molecule has 1 aliphatic rings. The van der Waals surface area contributed by atoms with Crippen molar-refractivity contribution in [3.05, 3.63) is 48.0 Å². The second-order valence-electron chi connectivity index (χ2n) is 4.81. The summed E-state index contributed by atoms with van der Waals surface area (Å²) in [6.07, 6.45) is 7.80. The fraction of sp³-hybridized carbons (Fsp3) is 0.467. The maximum atomic E-state index is 6.10. The maximum absolute atomic E-state index is 6.10. The van der Waals surface area contributed by atoms with Gasteiger partial charge >= 0.3 is 0 Å². The zero-order valence-electron chi connectivity index (χ0n) is 9.86. The summed E-state index contributed by atoms with van der Waals surface area (Å²) in [5, 5.41) is 0. The molecule has 0 bridgehead atoms. The Kier molecular flexibility index (Phi) is 3.79. The van der Waals surface area contributed by atoms with E-state index in [9.17, 15) is 0 Å². The summed E-state index contributed by atoms with van der Waals surface area (Å²) >= 11 is 0. The molecule has 2 atom stereocenters. The van der Waals surface area contributed by atoms with Crippen molar-refractivity contribution in [3.63, 3.8) is 0 Å². The van der Waals surface area contributed by atoms with Crippen LogP contribution in [-0.4, -0.2) is 6.04 Å². The van der Waals surface area contributed by atoms with Crippen molar-refractivity contribution < 1.29 is 0 Å². The van der Waals surface area contributed by atoms with E-state index in [0.717, 1.165) is 12.8 Å². The third-order valence-electron chi connectivity index (χ3n) is 3.55. The van der Waals surface area contributed by atoms with E-state index in [0.29, 0.717) is 5.92 Å². The number of rotatable bonds is 4. The predicted octanol–water partition coefficient (Wildman–Crippen LogP) is 3.40. The van der Waals surface area contributed by atoms with Crippen LogP contribution in [-0.2, 0) is 6.42 Å². The molecule has 2 rings (SSSR count). The number of fused-ring (bicyclic) bond motifs is 1. The second kappa shape index (κ2) is 5.31. The van der Waals surface area contributed by atoms with Crippen molar-refractivity contribution in [2.45, 2.75) is 44.1 Å². The van der Waals surface area contributed by atoms with Crippen molar-refractivity contribution in [2.75, 3.05) is 0 Å². The van der Waals surface area contributed by atoms with Crippen molar-refractivity contribution in [3.8, 4) is 0 Å². The molecule has 1 aromatic rings. The molecule has 86 valence electrons. The molecule has 2 N–H and O–H groups in total. The molecule has 0 radical (unpaired) electrons. The van der Waals surface area contributed by atoms with Crippen LogP contribution in [0.25, 0.3) is 0 Å². The van der Waals surface area contributed by atoms with Crippen LogP contribution in [0.4, 0.5) is 0 Å². The Bertz CT molecular complexity index is 356. The van der Waals surface area contributed by atoms with Gasteiger partial charge < -0.3 is 5.73 Å². The summed E-state index contributed by atoms with van der Waals surface area (Å²) in [4.78, 5) is 0. The summed E-state index contributed by atoms with van der Waals surface area (Å²) < 4.78 is 0. The van der Waals surface area contributed by atoms with Crippen LogP contribution in [0.15, 0.2) is 36.9 Å². The van der Waals surface area contributed by atoms with E-state index in [4.69, 9.17) is 5.73 Å². The molecule has 2 unspecified atom stereocenters. The zero-order valence-corrected chi connectivity index (χ0v) is 9.86. The number of hydrogen-bond acceptors (Lipinski definition) is 1. The summed E-state index contributed by atoms with van der Waals surface area (Å²) in [6.45, 7) is 3.76. The molecule has 0 spiro atoms. The lowest BCUT2D eigenvalue weighted by molar-refractivity contribution is 0.469. The second-order valence-corrected chi connectivity index (χ2v) is 4.81. The molecular formula is C15H21N. The average molecular weight is 215 g/mol. The highest BCUT2D eigenvalue weighted by molar-refractivity contribution is 5.32. The standard InChI is InChI=1S/C15H21N/c1-2-6-14(16)11-13-9-5-8-12-7-3-4-10-15(12)13/h2-4,7,10,13-14H,1,5-6,8-9,11,16H2. The van der Waals surface area contributed by atoms with Gasteiger partial charge in [-0.3, -0.25) is 0 Å². The topological polar surface area (TPSA) is 26.0 Å². The largest absolute Gasteiger partial charge is 0.327 e. The van der Waals surface area contributed by atoms with Crippen LogP contribution in [0.2, 0.25) is 0 Å². The number of aryl methyl sites for hydroxylation is 1. The highest BCUT2D eigenvalue weighted by atomic mass is 14.6. The smallest absolute Gasteiger partial charge is 0.00791 e. The van der Waals surface area contributed by atoms with Gasteiger partial charge in [0.15, 0.2) is 0 Å². The predicted molar refractivity (Wildman–Crippen MR) is 69.5 cm³/mol. The Morgan fingerprint density at radius 1 is 1.44 bits per heavy atom. The van der Waals surface area contributed by atoms with Gasteiger partial charge in [-0.2, -0.15) is 0 Å². The van der Waals surface area contributed by atoms with Gasteiger partial charge in [0.25, 0.3) is 0 Å². The minimum atomic E-state index is 0.272. The quantitative estimate of drug-likeness (QED) is 0.765. The summed E-state index contributed by atoms with van der Waals surface area (Å²) in [5.74, 6) is 0.667. The molecule has 0 saturated heterocycles. The normalized spacial score (nSPS) is 21.2. The Labute approximate surface area is 98.4 Å². The van der Waals surface area contributed by atoms with Gasteiger partial charge in [-0.1, -0.05) is 30.3 Å². The molecule has 0 aromatic heterocycles. The molecule has 0 amide bonds. The van der Waals surface area contributed by atoms with Crippen LogP contribution in [0.1, 0.15) is 42.7 Å². The summed E-state index contributed by atoms with van der Waals surface area (Å²) in [6, 6.07) is 9.11. The molecule has 1 aromatic carbocycles. The molecule has 16 heavy (non-hydrogen) atoms. The molecule has 0 heterocycles.